The van der Waals surface area contributed by atoms with Gasteiger partial charge in [-0.3, -0.25) is 10.3 Å². The molecule has 0 amide bonds. The highest BCUT2D eigenvalue weighted by Crippen LogP contribution is 2.15. The van der Waals surface area contributed by atoms with Crippen LogP contribution in [-0.2, 0) is 6.54 Å². The van der Waals surface area contributed by atoms with Gasteiger partial charge in [-0.05, 0) is 36.6 Å². The summed E-state index contributed by atoms with van der Waals surface area (Å²) in [5.41, 5.74) is 8.87. The second kappa shape index (κ2) is 7.29. The summed E-state index contributed by atoms with van der Waals surface area (Å²) >= 11 is 0. The average Bonchev–Trinajstić information content (AvgIpc) is 2.39. The standard InChI is InChI=1S/C16H27N3/c1-5-12(3)10-19(6-2)11-15-8-7-14(16(17)18)9-13(15)4/h7-9,12H,5-6,10-11H2,1-4H3,(H3,17,18). The predicted molar refractivity (Wildman–Crippen MR) is 82.6 cm³/mol. The highest BCUT2D eigenvalue weighted by atomic mass is 15.1. The number of benzene rings is 1. The van der Waals surface area contributed by atoms with Gasteiger partial charge in [-0.2, -0.15) is 0 Å². The molecule has 19 heavy (non-hydrogen) atoms. The fourth-order valence-corrected chi connectivity index (χ4v) is 2.16. The van der Waals surface area contributed by atoms with E-state index in [1.807, 2.05) is 12.1 Å². The maximum atomic E-state index is 7.47. The molecule has 3 nitrogen and oxygen atoms in total. The highest BCUT2D eigenvalue weighted by molar-refractivity contribution is 5.95. The van der Waals surface area contributed by atoms with Gasteiger partial charge in [0.25, 0.3) is 0 Å². The Kier molecular flexibility index (Phi) is 6.03. The fourth-order valence-electron chi connectivity index (χ4n) is 2.16. The van der Waals surface area contributed by atoms with Crippen LogP contribution >= 0.6 is 0 Å². The van der Waals surface area contributed by atoms with Crippen molar-refractivity contribution in [1.82, 2.24) is 4.90 Å². The lowest BCUT2D eigenvalue weighted by Crippen LogP contribution is -2.28. The summed E-state index contributed by atoms with van der Waals surface area (Å²) in [5, 5.41) is 7.47. The van der Waals surface area contributed by atoms with E-state index in [-0.39, 0.29) is 5.84 Å². The van der Waals surface area contributed by atoms with Gasteiger partial charge in [0.1, 0.15) is 5.84 Å². The summed E-state index contributed by atoms with van der Waals surface area (Å²) in [7, 11) is 0. The van der Waals surface area contributed by atoms with Crippen molar-refractivity contribution >= 4 is 5.84 Å². The number of nitrogens with two attached hydrogens (primary N) is 1. The lowest BCUT2D eigenvalue weighted by Gasteiger charge is -2.24. The van der Waals surface area contributed by atoms with Crippen molar-refractivity contribution in [1.29, 1.82) is 5.41 Å². The van der Waals surface area contributed by atoms with Crippen LogP contribution in [0.2, 0.25) is 0 Å². The molecule has 1 rings (SSSR count). The summed E-state index contributed by atoms with van der Waals surface area (Å²) in [6.07, 6.45) is 1.22. The molecular weight excluding hydrogens is 234 g/mol. The van der Waals surface area contributed by atoms with Gasteiger partial charge in [-0.1, -0.05) is 39.3 Å². The molecule has 0 aromatic heterocycles. The quantitative estimate of drug-likeness (QED) is 0.585. The Balaban J connectivity index is 2.77. The molecule has 3 N–H and O–H groups in total. The van der Waals surface area contributed by atoms with Gasteiger partial charge in [0.2, 0.25) is 0 Å². The first-order valence-corrected chi connectivity index (χ1v) is 7.14. The molecule has 1 aromatic carbocycles. The van der Waals surface area contributed by atoms with Gasteiger partial charge in [0.05, 0.1) is 0 Å². The largest absolute Gasteiger partial charge is 0.384 e. The minimum Gasteiger partial charge on any atom is -0.384 e. The van der Waals surface area contributed by atoms with Gasteiger partial charge in [-0.25, -0.2) is 0 Å². The van der Waals surface area contributed by atoms with Crippen LogP contribution in [0, 0.1) is 18.3 Å². The van der Waals surface area contributed by atoms with E-state index < -0.39 is 0 Å². The number of hydrogen-bond donors (Lipinski definition) is 2. The number of aryl methyl sites for hydroxylation is 1. The molecular formula is C16H27N3. The number of amidine groups is 1. The van der Waals surface area contributed by atoms with Gasteiger partial charge in [0.15, 0.2) is 0 Å². The van der Waals surface area contributed by atoms with Gasteiger partial charge >= 0.3 is 0 Å². The Morgan fingerprint density at radius 1 is 1.37 bits per heavy atom. The first kappa shape index (κ1) is 15.7. The number of nitrogens with one attached hydrogen (secondary N) is 1. The molecule has 0 saturated heterocycles. The second-order valence-corrected chi connectivity index (χ2v) is 5.40. The van der Waals surface area contributed by atoms with Crippen LogP contribution in [0.25, 0.3) is 0 Å². The summed E-state index contributed by atoms with van der Waals surface area (Å²) in [5.74, 6) is 0.873. The van der Waals surface area contributed by atoms with Crippen LogP contribution in [0.3, 0.4) is 0 Å². The van der Waals surface area contributed by atoms with Gasteiger partial charge < -0.3 is 5.73 Å². The molecule has 0 aliphatic rings. The van der Waals surface area contributed by atoms with E-state index in [2.05, 4.69) is 38.7 Å². The minimum absolute atomic E-state index is 0.140. The Bertz CT molecular complexity index is 426. The Hall–Kier alpha value is -1.35. The molecule has 0 radical (unpaired) electrons. The molecule has 3 heteroatoms. The molecule has 0 heterocycles. The fraction of sp³-hybridized carbons (Fsp3) is 0.562. The van der Waals surface area contributed by atoms with Crippen molar-refractivity contribution in [3.63, 3.8) is 0 Å². The average molecular weight is 261 g/mol. The number of nitrogen functional groups attached to an aromatic ring is 1. The van der Waals surface area contributed by atoms with E-state index in [0.29, 0.717) is 0 Å². The van der Waals surface area contributed by atoms with Crippen LogP contribution in [0.4, 0.5) is 0 Å². The minimum atomic E-state index is 0.140. The first-order chi connectivity index (χ1) is 8.97. The summed E-state index contributed by atoms with van der Waals surface area (Å²) in [6.45, 7) is 12.0. The molecule has 1 atom stereocenters. The third-order valence-corrected chi connectivity index (χ3v) is 3.76. The van der Waals surface area contributed by atoms with Crippen LogP contribution < -0.4 is 5.73 Å². The third kappa shape index (κ3) is 4.67. The van der Waals surface area contributed by atoms with Crippen LogP contribution in [0.5, 0.6) is 0 Å². The molecule has 0 aliphatic heterocycles. The smallest absolute Gasteiger partial charge is 0.122 e. The highest BCUT2D eigenvalue weighted by Gasteiger charge is 2.10. The molecule has 0 aliphatic carbocycles. The molecule has 1 unspecified atom stereocenters. The lowest BCUT2D eigenvalue weighted by atomic mass is 10.0. The monoisotopic (exact) mass is 261 g/mol. The third-order valence-electron chi connectivity index (χ3n) is 3.76. The molecule has 0 bridgehead atoms. The van der Waals surface area contributed by atoms with E-state index >= 15 is 0 Å². The van der Waals surface area contributed by atoms with Gasteiger partial charge in [0, 0.05) is 18.7 Å². The Morgan fingerprint density at radius 3 is 2.53 bits per heavy atom. The zero-order chi connectivity index (χ0) is 14.4. The van der Waals surface area contributed by atoms with Crippen LogP contribution in [-0.4, -0.2) is 23.8 Å². The molecule has 106 valence electrons. The number of nitrogens with zero attached hydrogens (tertiary/aromatic N) is 1. The zero-order valence-corrected chi connectivity index (χ0v) is 12.7. The first-order valence-electron chi connectivity index (χ1n) is 7.14. The van der Waals surface area contributed by atoms with E-state index in [1.165, 1.54) is 17.5 Å². The van der Waals surface area contributed by atoms with Crippen LogP contribution in [0.1, 0.15) is 43.9 Å². The molecule has 0 saturated carbocycles. The van der Waals surface area contributed by atoms with E-state index in [1.54, 1.807) is 0 Å². The SMILES string of the molecule is CCC(C)CN(CC)Cc1ccc(C(=N)N)cc1C. The summed E-state index contributed by atoms with van der Waals surface area (Å²) < 4.78 is 0. The predicted octanol–water partition coefficient (Wildman–Crippen LogP) is 3.15. The lowest BCUT2D eigenvalue weighted by molar-refractivity contribution is 0.237. The van der Waals surface area contributed by atoms with Gasteiger partial charge in [-0.15, -0.1) is 0 Å². The normalized spacial score (nSPS) is 12.7. The zero-order valence-electron chi connectivity index (χ0n) is 12.7. The Labute approximate surface area is 117 Å². The van der Waals surface area contributed by atoms with Crippen molar-refractivity contribution < 1.29 is 0 Å². The molecule has 0 spiro atoms. The molecule has 1 aromatic rings. The molecule has 0 fully saturated rings. The van der Waals surface area contributed by atoms with E-state index in [0.717, 1.165) is 31.1 Å². The maximum absolute atomic E-state index is 7.47. The van der Waals surface area contributed by atoms with E-state index in [4.69, 9.17) is 11.1 Å². The maximum Gasteiger partial charge on any atom is 0.122 e. The van der Waals surface area contributed by atoms with E-state index in [9.17, 15) is 0 Å². The number of hydrogen-bond acceptors (Lipinski definition) is 2. The van der Waals surface area contributed by atoms with Crippen molar-refractivity contribution in [2.75, 3.05) is 13.1 Å². The van der Waals surface area contributed by atoms with Crippen molar-refractivity contribution in [2.45, 2.75) is 40.7 Å². The summed E-state index contributed by atoms with van der Waals surface area (Å²) in [6, 6.07) is 6.06. The summed E-state index contributed by atoms with van der Waals surface area (Å²) in [4.78, 5) is 2.48. The van der Waals surface area contributed by atoms with Crippen molar-refractivity contribution in [3.8, 4) is 0 Å². The van der Waals surface area contributed by atoms with Crippen molar-refractivity contribution in [3.05, 3.63) is 34.9 Å². The number of rotatable bonds is 7. The van der Waals surface area contributed by atoms with Crippen molar-refractivity contribution in [2.24, 2.45) is 11.7 Å². The second-order valence-electron chi connectivity index (χ2n) is 5.40. The Morgan fingerprint density at radius 2 is 2.05 bits per heavy atom. The topological polar surface area (TPSA) is 53.1 Å². The van der Waals surface area contributed by atoms with Crippen LogP contribution in [0.15, 0.2) is 18.2 Å².